The predicted octanol–water partition coefficient (Wildman–Crippen LogP) is 1.66. The van der Waals surface area contributed by atoms with Gasteiger partial charge in [-0.25, -0.2) is 0 Å². The van der Waals surface area contributed by atoms with Crippen molar-refractivity contribution in [2.45, 2.75) is 52.5 Å². The van der Waals surface area contributed by atoms with E-state index in [1.54, 1.807) is 17.1 Å². The molecular weight excluding hydrogens is 286 g/mol. The Morgan fingerprint density at radius 2 is 2.05 bits per heavy atom. The van der Waals surface area contributed by atoms with E-state index in [4.69, 9.17) is 18.0 Å². The van der Waals surface area contributed by atoms with Crippen molar-refractivity contribution < 1.29 is 4.79 Å². The Morgan fingerprint density at radius 1 is 1.38 bits per heavy atom. The number of carbonyl (C=O) groups excluding carboxylic acids is 1. The molecule has 1 heterocycles. The maximum atomic E-state index is 12.5. The number of thiocarbonyl (C=S) groups is 1. The van der Waals surface area contributed by atoms with Crippen LogP contribution in [0.15, 0.2) is 12.4 Å². The van der Waals surface area contributed by atoms with Gasteiger partial charge in [0.1, 0.15) is 0 Å². The highest BCUT2D eigenvalue weighted by Gasteiger charge is 2.39. The molecule has 1 aromatic heterocycles. The molecular formula is C14H25N5OS. The third-order valence-corrected chi connectivity index (χ3v) is 3.97. The third kappa shape index (κ3) is 4.77. The molecule has 118 valence electrons. The summed E-state index contributed by atoms with van der Waals surface area (Å²) < 4.78 is 1.74. The van der Waals surface area contributed by atoms with E-state index in [0.717, 1.165) is 25.8 Å². The minimum atomic E-state index is -0.702. The second-order valence-electron chi connectivity index (χ2n) is 5.22. The maximum absolute atomic E-state index is 12.5. The fourth-order valence-corrected chi connectivity index (χ4v) is 2.82. The highest BCUT2D eigenvalue weighted by Crippen LogP contribution is 2.30. The molecule has 0 saturated heterocycles. The standard InChI is InChI=1S/C14H25N5OS/c1-3-6-14(7-4-2,12(15)21)13(20)16-8-5-10-19-11-9-17-18-19/h9,11H,3-8,10H2,1-2H3,(H2,15,21)(H,16,20). The van der Waals surface area contributed by atoms with Crippen LogP contribution in [0.2, 0.25) is 0 Å². The molecule has 0 aromatic carbocycles. The van der Waals surface area contributed by atoms with Gasteiger partial charge < -0.3 is 11.1 Å². The summed E-state index contributed by atoms with van der Waals surface area (Å²) in [6.45, 7) is 5.39. The zero-order chi connectivity index (χ0) is 15.7. The first-order valence-corrected chi connectivity index (χ1v) is 7.90. The molecule has 0 aliphatic rings. The lowest BCUT2D eigenvalue weighted by molar-refractivity contribution is -0.128. The second-order valence-corrected chi connectivity index (χ2v) is 5.66. The normalized spacial score (nSPS) is 11.3. The number of hydrogen-bond donors (Lipinski definition) is 2. The topological polar surface area (TPSA) is 85.8 Å². The molecule has 6 nitrogen and oxygen atoms in total. The van der Waals surface area contributed by atoms with Crippen LogP contribution in [-0.4, -0.2) is 32.4 Å². The number of nitrogens with two attached hydrogens (primary N) is 1. The van der Waals surface area contributed by atoms with Crippen LogP contribution in [0, 0.1) is 5.41 Å². The number of hydrogen-bond acceptors (Lipinski definition) is 4. The van der Waals surface area contributed by atoms with Gasteiger partial charge in [0.25, 0.3) is 0 Å². The summed E-state index contributed by atoms with van der Waals surface area (Å²) >= 11 is 5.17. The summed E-state index contributed by atoms with van der Waals surface area (Å²) in [6, 6.07) is 0. The number of rotatable bonds is 10. The van der Waals surface area contributed by atoms with Crippen molar-refractivity contribution in [3.05, 3.63) is 12.4 Å². The number of nitrogens with zero attached hydrogens (tertiary/aromatic N) is 3. The van der Waals surface area contributed by atoms with Crippen LogP contribution < -0.4 is 11.1 Å². The first-order chi connectivity index (χ1) is 10.1. The molecule has 0 aliphatic carbocycles. The van der Waals surface area contributed by atoms with E-state index >= 15 is 0 Å². The van der Waals surface area contributed by atoms with Crippen LogP contribution in [0.1, 0.15) is 46.0 Å². The van der Waals surface area contributed by atoms with Gasteiger partial charge in [-0.15, -0.1) is 5.10 Å². The van der Waals surface area contributed by atoms with Gasteiger partial charge in [0, 0.05) is 19.3 Å². The second kappa shape index (κ2) is 8.71. The van der Waals surface area contributed by atoms with E-state index in [2.05, 4.69) is 15.6 Å². The average molecular weight is 311 g/mol. The molecule has 7 heteroatoms. The third-order valence-electron chi connectivity index (χ3n) is 3.58. The quantitative estimate of drug-likeness (QED) is 0.507. The van der Waals surface area contributed by atoms with E-state index in [1.807, 2.05) is 13.8 Å². The molecule has 0 radical (unpaired) electrons. The van der Waals surface area contributed by atoms with Crippen molar-refractivity contribution in [1.29, 1.82) is 0 Å². The molecule has 0 unspecified atom stereocenters. The van der Waals surface area contributed by atoms with Gasteiger partial charge in [0.15, 0.2) is 0 Å². The summed E-state index contributed by atoms with van der Waals surface area (Å²) in [7, 11) is 0. The van der Waals surface area contributed by atoms with Gasteiger partial charge in [-0.2, -0.15) is 0 Å². The molecule has 3 N–H and O–H groups in total. The highest BCUT2D eigenvalue weighted by molar-refractivity contribution is 7.80. The van der Waals surface area contributed by atoms with Crippen molar-refractivity contribution in [2.75, 3.05) is 6.54 Å². The molecule has 21 heavy (non-hydrogen) atoms. The van der Waals surface area contributed by atoms with Crippen LogP contribution >= 0.6 is 12.2 Å². The molecule has 1 rings (SSSR count). The zero-order valence-electron chi connectivity index (χ0n) is 12.8. The molecule has 0 spiro atoms. The van der Waals surface area contributed by atoms with Gasteiger partial charge in [0.05, 0.1) is 16.6 Å². The number of carbonyl (C=O) groups is 1. The summed E-state index contributed by atoms with van der Waals surface area (Å²) in [5, 5.41) is 10.6. The summed E-state index contributed by atoms with van der Waals surface area (Å²) in [5.74, 6) is -0.0442. The molecule has 1 amide bonds. The number of aryl methyl sites for hydroxylation is 1. The van der Waals surface area contributed by atoms with Gasteiger partial charge in [-0.1, -0.05) is 44.1 Å². The molecule has 0 atom stereocenters. The van der Waals surface area contributed by atoms with Gasteiger partial charge in [-0.3, -0.25) is 9.48 Å². The lowest BCUT2D eigenvalue weighted by Crippen LogP contribution is -2.49. The highest BCUT2D eigenvalue weighted by atomic mass is 32.1. The van der Waals surface area contributed by atoms with Gasteiger partial charge in [-0.05, 0) is 19.3 Å². The van der Waals surface area contributed by atoms with E-state index in [-0.39, 0.29) is 5.91 Å². The van der Waals surface area contributed by atoms with E-state index in [1.165, 1.54) is 0 Å². The summed E-state index contributed by atoms with van der Waals surface area (Å²) in [6.07, 6.45) is 7.39. The molecule has 0 saturated carbocycles. The van der Waals surface area contributed by atoms with Gasteiger partial charge >= 0.3 is 0 Å². The van der Waals surface area contributed by atoms with Crippen molar-refractivity contribution in [2.24, 2.45) is 11.1 Å². The Hall–Kier alpha value is -1.50. The Labute approximate surface area is 131 Å². The van der Waals surface area contributed by atoms with Crippen molar-refractivity contribution in [3.63, 3.8) is 0 Å². The van der Waals surface area contributed by atoms with Crippen molar-refractivity contribution >= 4 is 23.1 Å². The Morgan fingerprint density at radius 3 is 2.52 bits per heavy atom. The smallest absolute Gasteiger partial charge is 0.233 e. The molecule has 0 aliphatic heterocycles. The fourth-order valence-electron chi connectivity index (χ4n) is 2.53. The predicted molar refractivity (Wildman–Crippen MR) is 86.7 cm³/mol. The molecule has 0 fully saturated rings. The number of aromatic nitrogens is 3. The summed E-state index contributed by atoms with van der Waals surface area (Å²) in [4.78, 5) is 12.8. The maximum Gasteiger partial charge on any atom is 0.233 e. The first kappa shape index (κ1) is 17.6. The average Bonchev–Trinajstić information content (AvgIpc) is 2.95. The van der Waals surface area contributed by atoms with E-state index in [0.29, 0.717) is 24.4 Å². The Balaban J connectivity index is 2.53. The largest absolute Gasteiger partial charge is 0.392 e. The zero-order valence-corrected chi connectivity index (χ0v) is 13.7. The summed E-state index contributed by atoms with van der Waals surface area (Å²) in [5.41, 5.74) is 5.17. The van der Waals surface area contributed by atoms with Crippen molar-refractivity contribution in [3.8, 4) is 0 Å². The monoisotopic (exact) mass is 311 g/mol. The van der Waals surface area contributed by atoms with E-state index in [9.17, 15) is 4.79 Å². The molecule has 1 aromatic rings. The van der Waals surface area contributed by atoms with Crippen LogP contribution in [0.25, 0.3) is 0 Å². The SMILES string of the molecule is CCCC(CCC)(C(=O)NCCCn1ccnn1)C(N)=S. The Bertz CT molecular complexity index is 440. The minimum Gasteiger partial charge on any atom is -0.392 e. The molecule has 0 bridgehead atoms. The van der Waals surface area contributed by atoms with Crippen LogP contribution in [0.3, 0.4) is 0 Å². The Kier molecular flexibility index (Phi) is 7.28. The van der Waals surface area contributed by atoms with Crippen molar-refractivity contribution in [1.82, 2.24) is 20.3 Å². The lowest BCUT2D eigenvalue weighted by atomic mass is 9.78. The van der Waals surface area contributed by atoms with Crippen LogP contribution in [0.5, 0.6) is 0 Å². The van der Waals surface area contributed by atoms with E-state index < -0.39 is 5.41 Å². The fraction of sp³-hybridized carbons (Fsp3) is 0.714. The number of amides is 1. The first-order valence-electron chi connectivity index (χ1n) is 7.49. The van der Waals surface area contributed by atoms with Crippen LogP contribution in [-0.2, 0) is 11.3 Å². The lowest BCUT2D eigenvalue weighted by Gasteiger charge is -2.31. The van der Waals surface area contributed by atoms with Gasteiger partial charge in [0.2, 0.25) is 5.91 Å². The minimum absolute atomic E-state index is 0.0442. The van der Waals surface area contributed by atoms with Crippen LogP contribution in [0.4, 0.5) is 0 Å². The number of nitrogens with one attached hydrogen (secondary N) is 1.